The molecule has 2 atom stereocenters. The van der Waals surface area contributed by atoms with Gasteiger partial charge in [0.15, 0.2) is 0 Å². The number of carboxylic acid groups (broad SMARTS) is 1. The van der Waals surface area contributed by atoms with Gasteiger partial charge >= 0.3 is 5.97 Å². The molecule has 16 nitrogen and oxygen atoms in total. The smallest absolute Gasteiger partial charge is 0.326 e. The molecule has 1 aromatic heterocycles. The maximum atomic E-state index is 13.4. The zero-order chi connectivity index (χ0) is 40.0. The normalized spacial score (nSPS) is 12.3. The van der Waals surface area contributed by atoms with E-state index in [-0.39, 0.29) is 24.5 Å². The Morgan fingerprint density at radius 1 is 0.873 bits per heavy atom. The number of amides is 4. The van der Waals surface area contributed by atoms with Gasteiger partial charge in [-0.1, -0.05) is 86.1 Å². The molecule has 4 rings (SSSR count). The quantitative estimate of drug-likeness (QED) is 0.0389. The first-order valence-corrected chi connectivity index (χ1v) is 19.0. The summed E-state index contributed by atoms with van der Waals surface area (Å²) in [6.07, 6.45) is 2.98. The third-order valence-electron chi connectivity index (χ3n) is 8.67. The molecule has 4 aromatic rings. The number of carbonyl (C=O) groups excluding carboxylic acids is 4. The molecule has 55 heavy (non-hydrogen) atoms. The Kier molecular flexibility index (Phi) is 15.2. The largest absolute Gasteiger partial charge is 0.480 e. The molecule has 17 heteroatoms. The lowest BCUT2D eigenvalue weighted by Crippen LogP contribution is -2.49. The van der Waals surface area contributed by atoms with Gasteiger partial charge in [0, 0.05) is 31.5 Å². The molecule has 0 bridgehead atoms. The number of hydroxylamine groups is 1. The number of carbonyl (C=O) groups is 5. The number of hydrogen-bond acceptors (Lipinski definition) is 10. The number of sulfonamides is 1. The summed E-state index contributed by atoms with van der Waals surface area (Å²) in [5.41, 5.74) is 4.46. The van der Waals surface area contributed by atoms with Gasteiger partial charge in [-0.2, -0.15) is 0 Å². The van der Waals surface area contributed by atoms with Gasteiger partial charge in [-0.05, 0) is 35.6 Å². The molecule has 0 saturated heterocycles. The van der Waals surface area contributed by atoms with E-state index in [1.165, 1.54) is 17.6 Å². The maximum Gasteiger partial charge on any atom is 0.326 e. The second-order valence-corrected chi connectivity index (χ2v) is 14.3. The molecule has 3 aromatic carbocycles. The van der Waals surface area contributed by atoms with E-state index in [0.29, 0.717) is 28.9 Å². The summed E-state index contributed by atoms with van der Waals surface area (Å²) in [6.45, 7) is 2.04. The van der Waals surface area contributed by atoms with Crippen LogP contribution in [-0.2, 0) is 60.0 Å². The average molecular weight is 777 g/mol. The van der Waals surface area contributed by atoms with Crippen molar-refractivity contribution in [2.24, 2.45) is 5.92 Å². The van der Waals surface area contributed by atoms with E-state index in [1.54, 1.807) is 60.8 Å². The van der Waals surface area contributed by atoms with Crippen LogP contribution in [0.4, 0.5) is 0 Å². The van der Waals surface area contributed by atoms with Gasteiger partial charge in [-0.25, -0.2) is 28.4 Å². The van der Waals surface area contributed by atoms with Gasteiger partial charge in [-0.15, -0.1) is 0 Å². The van der Waals surface area contributed by atoms with Crippen LogP contribution in [0.15, 0.2) is 90.0 Å². The lowest BCUT2D eigenvalue weighted by molar-refractivity contribution is -0.146. The minimum absolute atomic E-state index is 0.153. The first-order chi connectivity index (χ1) is 26.4. The van der Waals surface area contributed by atoms with Gasteiger partial charge in [0.05, 0.1) is 29.8 Å². The van der Waals surface area contributed by atoms with Gasteiger partial charge in [0.2, 0.25) is 17.7 Å². The van der Waals surface area contributed by atoms with Crippen LogP contribution < -0.4 is 20.8 Å². The summed E-state index contributed by atoms with van der Waals surface area (Å²) in [5.74, 6) is -6.15. The van der Waals surface area contributed by atoms with Crippen LogP contribution >= 0.6 is 0 Å². The molecular formula is C38H44N6O10S. The SMILES string of the molecule is CCCCc1ncc(CO)n1Cc1ccc(-c2ccccc2S(=O)(=O)NC(=O)CCNC(=O)C[C@@H](NC(=O)C(Cc2ccccc2)C(=O)NO)C(=O)O)cc1. The minimum atomic E-state index is -4.38. The van der Waals surface area contributed by atoms with Crippen molar-refractivity contribution in [2.75, 3.05) is 6.54 Å². The number of carboxylic acids is 1. The van der Waals surface area contributed by atoms with Gasteiger partial charge < -0.3 is 25.4 Å². The highest BCUT2D eigenvalue weighted by molar-refractivity contribution is 7.90. The highest BCUT2D eigenvalue weighted by Gasteiger charge is 2.32. The molecule has 0 radical (unpaired) electrons. The Morgan fingerprint density at radius 3 is 2.22 bits per heavy atom. The fourth-order valence-electron chi connectivity index (χ4n) is 5.75. The van der Waals surface area contributed by atoms with Crippen LogP contribution in [-0.4, -0.2) is 75.6 Å². The highest BCUT2D eigenvalue weighted by Crippen LogP contribution is 2.28. The molecular weight excluding hydrogens is 733 g/mol. The van der Waals surface area contributed by atoms with Crippen molar-refractivity contribution < 1.29 is 47.8 Å². The number of aromatic nitrogens is 2. The number of nitrogens with zero attached hydrogens (tertiary/aromatic N) is 2. The highest BCUT2D eigenvalue weighted by atomic mass is 32.2. The van der Waals surface area contributed by atoms with E-state index in [4.69, 9.17) is 5.21 Å². The van der Waals surface area contributed by atoms with E-state index in [9.17, 15) is 42.6 Å². The number of imidazole rings is 1. The molecule has 0 spiro atoms. The van der Waals surface area contributed by atoms with Gasteiger partial charge in [0.1, 0.15) is 17.8 Å². The summed E-state index contributed by atoms with van der Waals surface area (Å²) < 4.78 is 30.7. The van der Waals surface area contributed by atoms with Crippen molar-refractivity contribution in [3.05, 3.63) is 108 Å². The predicted molar refractivity (Wildman–Crippen MR) is 198 cm³/mol. The maximum absolute atomic E-state index is 13.4. The molecule has 0 aliphatic rings. The second kappa shape index (κ2) is 20.0. The molecule has 0 aliphatic carbocycles. The van der Waals surface area contributed by atoms with E-state index in [0.717, 1.165) is 30.7 Å². The number of hydrogen-bond donors (Lipinski definition) is 7. The summed E-state index contributed by atoms with van der Waals surface area (Å²) in [6, 6.07) is 19.9. The first-order valence-electron chi connectivity index (χ1n) is 17.5. The average Bonchev–Trinajstić information content (AvgIpc) is 3.56. The van der Waals surface area contributed by atoms with E-state index < -0.39 is 64.4 Å². The zero-order valence-electron chi connectivity index (χ0n) is 30.1. The number of benzene rings is 3. The molecule has 0 fully saturated rings. The summed E-state index contributed by atoms with van der Waals surface area (Å²) in [7, 11) is -4.38. The lowest BCUT2D eigenvalue weighted by atomic mass is 9.97. The van der Waals surface area contributed by atoms with E-state index in [2.05, 4.69) is 22.5 Å². The summed E-state index contributed by atoms with van der Waals surface area (Å²) in [4.78, 5) is 66.5. The van der Waals surface area contributed by atoms with Crippen molar-refractivity contribution in [2.45, 2.75) is 69.5 Å². The summed E-state index contributed by atoms with van der Waals surface area (Å²) in [5, 5.41) is 33.0. The minimum Gasteiger partial charge on any atom is -0.480 e. The van der Waals surface area contributed by atoms with Crippen molar-refractivity contribution >= 4 is 39.6 Å². The van der Waals surface area contributed by atoms with Crippen LogP contribution in [0.2, 0.25) is 0 Å². The van der Waals surface area contributed by atoms with Crippen molar-refractivity contribution in [3.8, 4) is 11.1 Å². The number of unbranched alkanes of at least 4 members (excludes halogenated alkanes) is 1. The molecule has 1 unspecified atom stereocenters. The topological polar surface area (TPSA) is 246 Å². The molecule has 0 saturated carbocycles. The van der Waals surface area contributed by atoms with E-state index >= 15 is 0 Å². The summed E-state index contributed by atoms with van der Waals surface area (Å²) >= 11 is 0. The third kappa shape index (κ3) is 11.8. The van der Waals surface area contributed by atoms with Crippen LogP contribution in [0.5, 0.6) is 0 Å². The van der Waals surface area contributed by atoms with Crippen LogP contribution in [0.1, 0.15) is 55.3 Å². The first kappa shape index (κ1) is 41.8. The number of aliphatic hydroxyl groups is 1. The molecule has 7 N–H and O–H groups in total. The Balaban J connectivity index is 1.33. The Bertz CT molecular complexity index is 2070. The fourth-order valence-corrected chi connectivity index (χ4v) is 7.00. The van der Waals surface area contributed by atoms with Crippen molar-refractivity contribution in [3.63, 3.8) is 0 Å². The third-order valence-corrected chi connectivity index (χ3v) is 10.1. The lowest BCUT2D eigenvalue weighted by Gasteiger charge is -2.19. The Labute approximate surface area is 318 Å². The Morgan fingerprint density at radius 2 is 1.56 bits per heavy atom. The molecule has 292 valence electrons. The number of rotatable bonds is 20. The Hall–Kier alpha value is -5.91. The van der Waals surface area contributed by atoms with Crippen molar-refractivity contribution in [1.82, 2.24) is 30.4 Å². The number of aliphatic hydroxyl groups excluding tert-OH is 1. The molecule has 1 heterocycles. The van der Waals surface area contributed by atoms with E-state index in [1.807, 2.05) is 21.4 Å². The predicted octanol–water partition coefficient (Wildman–Crippen LogP) is 2.07. The fraction of sp³-hybridized carbons (Fsp3) is 0.316. The van der Waals surface area contributed by atoms with Crippen LogP contribution in [0.25, 0.3) is 11.1 Å². The van der Waals surface area contributed by atoms with Gasteiger partial charge in [-0.3, -0.25) is 24.4 Å². The number of aryl methyl sites for hydroxylation is 1. The van der Waals surface area contributed by atoms with Crippen LogP contribution in [0, 0.1) is 5.92 Å². The standard InChI is InChI=1S/C38H44N6O10S/c1-2-3-13-33-40-22-28(24-45)44(33)23-26-14-16-27(17-15-26)29-11-7-8-12-32(29)55(53,54)43-34(46)18-19-39-35(47)21-31(38(50)51)41-36(48)30(37(49)42-52)20-25-9-5-4-6-10-25/h4-12,14-17,22,30-31,45,52H,2-3,13,18-21,23-24H2,1H3,(H,39,47)(H,41,48)(H,42,49)(H,43,46)(H,50,51)/t30?,31-/m1/s1. The number of aliphatic carboxylic acids is 1. The monoisotopic (exact) mass is 776 g/mol. The zero-order valence-corrected chi connectivity index (χ0v) is 30.9. The molecule has 4 amide bonds. The van der Waals surface area contributed by atoms with Crippen molar-refractivity contribution in [1.29, 1.82) is 0 Å². The van der Waals surface area contributed by atoms with Crippen LogP contribution in [0.3, 0.4) is 0 Å². The van der Waals surface area contributed by atoms with Gasteiger partial charge in [0.25, 0.3) is 15.9 Å². The molecule has 0 aliphatic heterocycles. The second-order valence-electron chi connectivity index (χ2n) is 12.7. The number of nitrogens with one attached hydrogen (secondary N) is 4.